The van der Waals surface area contributed by atoms with Crippen LogP contribution in [0.4, 0.5) is 5.69 Å². The van der Waals surface area contributed by atoms with E-state index in [1.807, 2.05) is 38.1 Å². The number of rotatable bonds is 8. The van der Waals surface area contributed by atoms with E-state index >= 15 is 0 Å². The molecule has 4 heteroatoms. The van der Waals surface area contributed by atoms with Gasteiger partial charge in [-0.2, -0.15) is 0 Å². The van der Waals surface area contributed by atoms with Crippen LogP contribution in [0.2, 0.25) is 0 Å². The minimum atomic E-state index is -3.55. The van der Waals surface area contributed by atoms with Crippen LogP contribution in [0.25, 0.3) is 0 Å². The highest BCUT2D eigenvalue weighted by Gasteiger charge is 2.15. The zero-order chi connectivity index (χ0) is 17.6. The average molecular weight is 346 g/mol. The fourth-order valence-electron chi connectivity index (χ4n) is 2.66. The molecular weight excluding hydrogens is 318 g/mol. The first-order valence-corrected chi connectivity index (χ1v) is 10.1. The largest absolute Gasteiger partial charge is 0.279 e. The third kappa shape index (κ3) is 4.84. The van der Waals surface area contributed by atoms with E-state index in [1.54, 1.807) is 18.2 Å². The van der Waals surface area contributed by atoms with Crippen LogP contribution in [-0.2, 0) is 16.4 Å². The molecule has 2 aromatic carbocycles. The van der Waals surface area contributed by atoms with Crippen LogP contribution >= 0.6 is 0 Å². The Balaban J connectivity index is 2.08. The predicted octanol–water partition coefficient (Wildman–Crippen LogP) is 5.23. The van der Waals surface area contributed by atoms with Gasteiger partial charge in [0.15, 0.2) is 0 Å². The number of sulfonamides is 1. The van der Waals surface area contributed by atoms with Gasteiger partial charge in [0.1, 0.15) is 0 Å². The Morgan fingerprint density at radius 3 is 2.29 bits per heavy atom. The number of nitrogens with one attached hydrogen (secondary N) is 1. The number of benzene rings is 2. The predicted molar refractivity (Wildman–Crippen MR) is 101 cm³/mol. The van der Waals surface area contributed by atoms with Gasteiger partial charge in [-0.1, -0.05) is 50.5 Å². The van der Waals surface area contributed by atoms with Crippen molar-refractivity contribution in [2.45, 2.75) is 57.8 Å². The fourth-order valence-corrected chi connectivity index (χ4v) is 3.78. The van der Waals surface area contributed by atoms with Crippen molar-refractivity contribution in [3.8, 4) is 0 Å². The van der Waals surface area contributed by atoms with E-state index < -0.39 is 10.0 Å². The van der Waals surface area contributed by atoms with Crippen LogP contribution in [0.15, 0.2) is 47.4 Å². The smallest absolute Gasteiger partial charge is 0.261 e. The summed E-state index contributed by atoms with van der Waals surface area (Å²) in [6, 6.07) is 12.9. The Labute approximate surface area is 146 Å². The second-order valence-electron chi connectivity index (χ2n) is 6.31. The normalized spacial score (nSPS) is 11.5. The van der Waals surface area contributed by atoms with Gasteiger partial charge in [-0.3, -0.25) is 4.72 Å². The van der Waals surface area contributed by atoms with Crippen LogP contribution < -0.4 is 4.72 Å². The summed E-state index contributed by atoms with van der Waals surface area (Å²) in [5.41, 5.74) is 3.85. The molecule has 0 unspecified atom stereocenters. The summed E-state index contributed by atoms with van der Waals surface area (Å²) in [5.74, 6) is 0. The molecule has 0 aliphatic rings. The first-order valence-electron chi connectivity index (χ1n) is 8.62. The van der Waals surface area contributed by atoms with Crippen molar-refractivity contribution in [1.29, 1.82) is 0 Å². The molecule has 0 saturated carbocycles. The van der Waals surface area contributed by atoms with Crippen LogP contribution in [0.1, 0.15) is 49.3 Å². The Morgan fingerprint density at radius 2 is 1.62 bits per heavy atom. The van der Waals surface area contributed by atoms with Crippen molar-refractivity contribution in [2.75, 3.05) is 4.72 Å². The summed E-state index contributed by atoms with van der Waals surface area (Å²) in [7, 11) is -3.55. The molecule has 130 valence electrons. The molecule has 0 aliphatic carbocycles. The Kier molecular flexibility index (Phi) is 6.44. The van der Waals surface area contributed by atoms with Crippen LogP contribution in [0.5, 0.6) is 0 Å². The standard InChI is InChI=1S/C20H27NO2S/c1-4-5-6-7-10-18-12-14-19(15-13-18)24(22,23)21-20-11-8-9-16(2)17(20)3/h8-9,11-15,21H,4-7,10H2,1-3H3. The first-order chi connectivity index (χ1) is 11.4. The number of anilines is 1. The summed E-state index contributed by atoms with van der Waals surface area (Å²) in [6.45, 7) is 6.09. The van der Waals surface area contributed by atoms with Gasteiger partial charge in [0, 0.05) is 0 Å². The van der Waals surface area contributed by atoms with Gasteiger partial charge in [-0.15, -0.1) is 0 Å². The summed E-state index contributed by atoms with van der Waals surface area (Å²) < 4.78 is 27.8. The Bertz CT molecular complexity index is 765. The fraction of sp³-hybridized carbons (Fsp3) is 0.400. The second kappa shape index (κ2) is 8.34. The number of hydrogen-bond donors (Lipinski definition) is 1. The van der Waals surface area contributed by atoms with Gasteiger partial charge in [-0.25, -0.2) is 8.42 Å². The summed E-state index contributed by atoms with van der Waals surface area (Å²) in [5, 5.41) is 0. The number of aryl methyl sites for hydroxylation is 2. The van der Waals surface area contributed by atoms with E-state index in [0.717, 1.165) is 24.0 Å². The average Bonchev–Trinajstić information content (AvgIpc) is 2.56. The molecule has 0 heterocycles. The van der Waals surface area contributed by atoms with Gasteiger partial charge < -0.3 is 0 Å². The molecule has 0 radical (unpaired) electrons. The number of hydrogen-bond acceptors (Lipinski definition) is 2. The lowest BCUT2D eigenvalue weighted by atomic mass is 10.1. The van der Waals surface area contributed by atoms with Crippen molar-refractivity contribution in [3.05, 3.63) is 59.2 Å². The maximum Gasteiger partial charge on any atom is 0.261 e. The maximum atomic E-state index is 12.6. The first kappa shape index (κ1) is 18.5. The van der Waals surface area contributed by atoms with E-state index in [1.165, 1.54) is 24.8 Å². The number of unbranched alkanes of at least 4 members (excludes halogenated alkanes) is 3. The van der Waals surface area contributed by atoms with E-state index in [0.29, 0.717) is 10.6 Å². The zero-order valence-corrected chi connectivity index (χ0v) is 15.6. The SMILES string of the molecule is CCCCCCc1ccc(S(=O)(=O)Nc2cccc(C)c2C)cc1. The highest BCUT2D eigenvalue weighted by atomic mass is 32.2. The van der Waals surface area contributed by atoms with E-state index in [-0.39, 0.29) is 0 Å². The lowest BCUT2D eigenvalue weighted by Gasteiger charge is -2.12. The zero-order valence-electron chi connectivity index (χ0n) is 14.8. The minimum Gasteiger partial charge on any atom is -0.279 e. The second-order valence-corrected chi connectivity index (χ2v) is 7.99. The molecule has 0 spiro atoms. The molecule has 2 aromatic rings. The molecule has 0 fully saturated rings. The Hall–Kier alpha value is -1.81. The van der Waals surface area contributed by atoms with Crippen molar-refractivity contribution in [3.63, 3.8) is 0 Å². The summed E-state index contributed by atoms with van der Waals surface area (Å²) in [6.07, 6.45) is 5.86. The van der Waals surface area contributed by atoms with Crippen LogP contribution in [0.3, 0.4) is 0 Å². The molecule has 24 heavy (non-hydrogen) atoms. The summed E-state index contributed by atoms with van der Waals surface area (Å²) >= 11 is 0. The van der Waals surface area contributed by atoms with Gasteiger partial charge >= 0.3 is 0 Å². The molecule has 0 amide bonds. The van der Waals surface area contributed by atoms with Gasteiger partial charge in [0.05, 0.1) is 10.6 Å². The van der Waals surface area contributed by atoms with Crippen LogP contribution in [-0.4, -0.2) is 8.42 Å². The Morgan fingerprint density at radius 1 is 0.917 bits per heavy atom. The maximum absolute atomic E-state index is 12.6. The molecule has 2 rings (SSSR count). The lowest BCUT2D eigenvalue weighted by Crippen LogP contribution is -2.14. The third-order valence-corrected chi connectivity index (χ3v) is 5.78. The van der Waals surface area contributed by atoms with Crippen molar-refractivity contribution in [2.24, 2.45) is 0 Å². The molecule has 1 N–H and O–H groups in total. The molecule has 3 nitrogen and oxygen atoms in total. The van der Waals surface area contributed by atoms with Gasteiger partial charge in [0.25, 0.3) is 10.0 Å². The van der Waals surface area contributed by atoms with Crippen LogP contribution in [0, 0.1) is 13.8 Å². The van der Waals surface area contributed by atoms with Gasteiger partial charge in [-0.05, 0) is 61.6 Å². The highest BCUT2D eigenvalue weighted by Crippen LogP contribution is 2.22. The molecule has 0 atom stereocenters. The molecule has 0 bridgehead atoms. The molecular formula is C20H27NO2S. The topological polar surface area (TPSA) is 46.2 Å². The lowest BCUT2D eigenvalue weighted by molar-refractivity contribution is 0.601. The van der Waals surface area contributed by atoms with E-state index in [2.05, 4.69) is 11.6 Å². The molecule has 0 aromatic heterocycles. The highest BCUT2D eigenvalue weighted by molar-refractivity contribution is 7.92. The molecule has 0 saturated heterocycles. The quantitative estimate of drug-likeness (QED) is 0.666. The van der Waals surface area contributed by atoms with E-state index in [9.17, 15) is 8.42 Å². The summed E-state index contributed by atoms with van der Waals surface area (Å²) in [4.78, 5) is 0.306. The van der Waals surface area contributed by atoms with Gasteiger partial charge in [0.2, 0.25) is 0 Å². The van der Waals surface area contributed by atoms with Crippen molar-refractivity contribution < 1.29 is 8.42 Å². The minimum absolute atomic E-state index is 0.306. The van der Waals surface area contributed by atoms with E-state index in [4.69, 9.17) is 0 Å². The van der Waals surface area contributed by atoms with Crippen molar-refractivity contribution >= 4 is 15.7 Å². The molecule has 0 aliphatic heterocycles. The van der Waals surface area contributed by atoms with Crippen molar-refractivity contribution in [1.82, 2.24) is 0 Å². The third-order valence-electron chi connectivity index (χ3n) is 4.40. The monoisotopic (exact) mass is 345 g/mol.